The Labute approximate surface area is 120 Å². The van der Waals surface area contributed by atoms with Crippen molar-refractivity contribution >= 4 is 0 Å². The molecule has 0 bridgehead atoms. The van der Waals surface area contributed by atoms with Gasteiger partial charge in [-0.15, -0.1) is 0 Å². The fourth-order valence-corrected chi connectivity index (χ4v) is 2.47. The second-order valence-electron chi connectivity index (χ2n) is 5.36. The summed E-state index contributed by atoms with van der Waals surface area (Å²) in [6.07, 6.45) is 0. The molecule has 0 saturated carbocycles. The molecule has 0 spiro atoms. The first-order valence-electron chi connectivity index (χ1n) is 7.09. The molecule has 2 aromatic rings. The van der Waals surface area contributed by atoms with Crippen LogP contribution in [0.5, 0.6) is 0 Å². The Morgan fingerprint density at radius 3 is 2.35 bits per heavy atom. The topological polar surface area (TPSA) is 12.0 Å². The SMILES string of the molecule is CCNC(c1ccc(C)c(F)c1)c1cc(C)ccc1C. The lowest BCUT2D eigenvalue weighted by Gasteiger charge is -2.22. The highest BCUT2D eigenvalue weighted by Gasteiger charge is 2.16. The molecule has 0 aromatic heterocycles. The third-order valence-corrected chi connectivity index (χ3v) is 3.68. The molecular formula is C18H22FN. The second kappa shape index (κ2) is 6.19. The maximum atomic E-state index is 13.8. The number of nitrogens with one attached hydrogen (secondary N) is 1. The van der Waals surface area contributed by atoms with Gasteiger partial charge in [0.1, 0.15) is 5.82 Å². The zero-order valence-corrected chi connectivity index (χ0v) is 12.6. The number of hydrogen-bond donors (Lipinski definition) is 1. The molecule has 0 amide bonds. The van der Waals surface area contributed by atoms with E-state index < -0.39 is 0 Å². The molecule has 0 heterocycles. The van der Waals surface area contributed by atoms with Crippen LogP contribution in [0, 0.1) is 26.6 Å². The third kappa shape index (κ3) is 3.07. The molecule has 2 aromatic carbocycles. The van der Waals surface area contributed by atoms with Crippen molar-refractivity contribution in [1.82, 2.24) is 5.32 Å². The van der Waals surface area contributed by atoms with Crippen LogP contribution >= 0.6 is 0 Å². The van der Waals surface area contributed by atoms with Crippen LogP contribution in [0.4, 0.5) is 4.39 Å². The van der Waals surface area contributed by atoms with Gasteiger partial charge in [-0.1, -0.05) is 42.8 Å². The van der Waals surface area contributed by atoms with E-state index in [0.29, 0.717) is 5.56 Å². The molecule has 1 atom stereocenters. The Kier molecular flexibility index (Phi) is 4.56. The Hall–Kier alpha value is -1.67. The Bertz CT molecular complexity index is 604. The third-order valence-electron chi connectivity index (χ3n) is 3.68. The summed E-state index contributed by atoms with van der Waals surface area (Å²) >= 11 is 0. The summed E-state index contributed by atoms with van der Waals surface area (Å²) in [5, 5.41) is 3.46. The minimum Gasteiger partial charge on any atom is -0.307 e. The van der Waals surface area contributed by atoms with E-state index in [2.05, 4.69) is 44.3 Å². The van der Waals surface area contributed by atoms with Crippen LogP contribution in [0.15, 0.2) is 36.4 Å². The fraction of sp³-hybridized carbons (Fsp3) is 0.333. The molecule has 2 heteroatoms. The molecule has 0 radical (unpaired) electrons. The molecule has 1 N–H and O–H groups in total. The lowest BCUT2D eigenvalue weighted by Crippen LogP contribution is -2.23. The summed E-state index contributed by atoms with van der Waals surface area (Å²) in [6.45, 7) is 8.89. The first-order chi connectivity index (χ1) is 9.52. The zero-order valence-electron chi connectivity index (χ0n) is 12.6. The van der Waals surface area contributed by atoms with Crippen molar-refractivity contribution in [3.05, 3.63) is 70.0 Å². The van der Waals surface area contributed by atoms with Crippen molar-refractivity contribution in [2.45, 2.75) is 33.7 Å². The molecule has 1 unspecified atom stereocenters. The molecule has 0 aliphatic rings. The Morgan fingerprint density at radius 1 is 1.00 bits per heavy atom. The summed E-state index contributed by atoms with van der Waals surface area (Å²) in [4.78, 5) is 0. The molecule has 20 heavy (non-hydrogen) atoms. The van der Waals surface area contributed by atoms with Gasteiger partial charge >= 0.3 is 0 Å². The lowest BCUT2D eigenvalue weighted by atomic mass is 9.93. The molecule has 1 nitrogen and oxygen atoms in total. The van der Waals surface area contributed by atoms with Gasteiger partial charge in [0.2, 0.25) is 0 Å². The number of halogens is 1. The van der Waals surface area contributed by atoms with Crippen LogP contribution in [-0.2, 0) is 0 Å². The molecule has 106 valence electrons. The first kappa shape index (κ1) is 14.7. The van der Waals surface area contributed by atoms with Crippen molar-refractivity contribution in [3.8, 4) is 0 Å². The highest BCUT2D eigenvalue weighted by Crippen LogP contribution is 2.27. The summed E-state index contributed by atoms with van der Waals surface area (Å²) in [7, 11) is 0. The zero-order chi connectivity index (χ0) is 14.7. The minimum atomic E-state index is -0.143. The van der Waals surface area contributed by atoms with Gasteiger partial charge in [0.15, 0.2) is 0 Å². The van der Waals surface area contributed by atoms with Gasteiger partial charge in [-0.05, 0) is 55.6 Å². The van der Waals surface area contributed by atoms with Crippen molar-refractivity contribution in [2.75, 3.05) is 6.54 Å². The van der Waals surface area contributed by atoms with E-state index in [1.165, 1.54) is 16.7 Å². The van der Waals surface area contributed by atoms with Crippen LogP contribution in [0.1, 0.15) is 40.8 Å². The maximum Gasteiger partial charge on any atom is 0.126 e. The maximum absolute atomic E-state index is 13.8. The van der Waals surface area contributed by atoms with Crippen molar-refractivity contribution in [2.24, 2.45) is 0 Å². The van der Waals surface area contributed by atoms with Gasteiger partial charge in [-0.2, -0.15) is 0 Å². The average Bonchev–Trinajstić information content (AvgIpc) is 2.42. The molecule has 0 aliphatic heterocycles. The highest BCUT2D eigenvalue weighted by molar-refractivity contribution is 5.40. The number of aryl methyl sites for hydroxylation is 3. The van der Waals surface area contributed by atoms with E-state index in [9.17, 15) is 4.39 Å². The second-order valence-corrected chi connectivity index (χ2v) is 5.36. The predicted molar refractivity (Wildman–Crippen MR) is 82.6 cm³/mol. The number of benzene rings is 2. The quantitative estimate of drug-likeness (QED) is 0.866. The van der Waals surface area contributed by atoms with Crippen molar-refractivity contribution in [1.29, 1.82) is 0 Å². The molecule has 0 saturated heterocycles. The van der Waals surface area contributed by atoms with E-state index in [0.717, 1.165) is 12.1 Å². The Balaban J connectivity index is 2.49. The van der Waals surface area contributed by atoms with Crippen LogP contribution in [0.3, 0.4) is 0 Å². The van der Waals surface area contributed by atoms with Crippen molar-refractivity contribution in [3.63, 3.8) is 0 Å². The van der Waals surface area contributed by atoms with E-state index in [4.69, 9.17) is 0 Å². The average molecular weight is 271 g/mol. The van der Waals surface area contributed by atoms with Crippen molar-refractivity contribution < 1.29 is 4.39 Å². The predicted octanol–water partition coefficient (Wildman–Crippen LogP) is 4.45. The summed E-state index contributed by atoms with van der Waals surface area (Å²) in [5.41, 5.74) is 5.33. The number of hydrogen-bond acceptors (Lipinski definition) is 1. The highest BCUT2D eigenvalue weighted by atomic mass is 19.1. The molecule has 2 rings (SSSR count). The molecular weight excluding hydrogens is 249 g/mol. The van der Waals surface area contributed by atoms with E-state index in [1.54, 1.807) is 13.0 Å². The molecule has 0 aliphatic carbocycles. The van der Waals surface area contributed by atoms with Crippen LogP contribution < -0.4 is 5.32 Å². The first-order valence-corrected chi connectivity index (χ1v) is 7.09. The van der Waals surface area contributed by atoms with Gasteiger partial charge < -0.3 is 5.32 Å². The summed E-state index contributed by atoms with van der Waals surface area (Å²) < 4.78 is 13.8. The normalized spacial score (nSPS) is 12.4. The summed E-state index contributed by atoms with van der Waals surface area (Å²) in [5.74, 6) is -0.143. The smallest absolute Gasteiger partial charge is 0.126 e. The minimum absolute atomic E-state index is 0.0370. The van der Waals surface area contributed by atoms with Gasteiger partial charge in [0, 0.05) is 0 Å². The number of rotatable bonds is 4. The van der Waals surface area contributed by atoms with Gasteiger partial charge in [-0.3, -0.25) is 0 Å². The molecule has 0 fully saturated rings. The largest absolute Gasteiger partial charge is 0.307 e. The van der Waals surface area contributed by atoms with Crippen LogP contribution in [0.25, 0.3) is 0 Å². The monoisotopic (exact) mass is 271 g/mol. The van der Waals surface area contributed by atoms with Gasteiger partial charge in [-0.25, -0.2) is 4.39 Å². The fourth-order valence-electron chi connectivity index (χ4n) is 2.47. The Morgan fingerprint density at radius 2 is 1.70 bits per heavy atom. The standard InChI is InChI=1S/C18H22FN/c1-5-20-18(15-9-8-14(4)17(19)11-15)16-10-12(2)6-7-13(16)3/h6-11,18,20H,5H2,1-4H3. The lowest BCUT2D eigenvalue weighted by molar-refractivity contribution is 0.596. The van der Waals surface area contributed by atoms with E-state index >= 15 is 0 Å². The van der Waals surface area contributed by atoms with Gasteiger partial charge in [0.05, 0.1) is 6.04 Å². The van der Waals surface area contributed by atoms with Crippen LogP contribution in [0.2, 0.25) is 0 Å². The van der Waals surface area contributed by atoms with E-state index in [-0.39, 0.29) is 11.9 Å². The summed E-state index contributed by atoms with van der Waals surface area (Å²) in [6, 6.07) is 11.9. The van der Waals surface area contributed by atoms with Gasteiger partial charge in [0.25, 0.3) is 0 Å². The van der Waals surface area contributed by atoms with E-state index in [1.807, 2.05) is 12.1 Å². The van der Waals surface area contributed by atoms with Crippen LogP contribution in [-0.4, -0.2) is 6.54 Å².